The Morgan fingerprint density at radius 1 is 1.22 bits per heavy atom. The number of amides is 1. The SMILES string of the molecule is C=C1C(C(=O)SCC)=CC(C2CC2)=CN1/C=C(\C)CN(N)/C=C(\N)C(=O)NCc1c(C)cc(C(=N)N)cc1C.CC. The summed E-state index contributed by atoms with van der Waals surface area (Å²) in [7, 11) is 0. The summed E-state index contributed by atoms with van der Waals surface area (Å²) in [6.07, 6.45) is 9.56. The van der Waals surface area contributed by atoms with E-state index in [0.717, 1.165) is 40.7 Å². The molecule has 10 heteroatoms. The van der Waals surface area contributed by atoms with Gasteiger partial charge >= 0.3 is 0 Å². The molecule has 8 N–H and O–H groups in total. The number of hydrazine groups is 1. The minimum absolute atomic E-state index is 0.00112. The van der Waals surface area contributed by atoms with Gasteiger partial charge in [-0.2, -0.15) is 0 Å². The number of carbonyl (C=O) groups is 2. The second-order valence-corrected chi connectivity index (χ2v) is 11.2. The largest absolute Gasteiger partial charge is 0.393 e. The molecule has 1 heterocycles. The van der Waals surface area contributed by atoms with Crippen LogP contribution in [-0.4, -0.2) is 39.1 Å². The molecule has 41 heavy (non-hydrogen) atoms. The molecule has 3 rings (SSSR count). The molecular weight excluding hydrogens is 534 g/mol. The van der Waals surface area contributed by atoms with Gasteiger partial charge in [0.05, 0.1) is 12.1 Å². The van der Waals surface area contributed by atoms with E-state index in [0.29, 0.717) is 35.0 Å². The fraction of sp³-hybridized carbons (Fsp3) is 0.387. The molecule has 222 valence electrons. The second kappa shape index (κ2) is 15.3. The zero-order valence-electron chi connectivity index (χ0n) is 25.1. The van der Waals surface area contributed by atoms with Gasteiger partial charge in [0.2, 0.25) is 5.12 Å². The fourth-order valence-electron chi connectivity index (χ4n) is 4.35. The Morgan fingerprint density at radius 2 is 1.83 bits per heavy atom. The molecule has 0 spiro atoms. The van der Waals surface area contributed by atoms with Gasteiger partial charge in [0, 0.05) is 36.4 Å². The van der Waals surface area contributed by atoms with Crippen molar-refractivity contribution in [2.75, 3.05) is 12.3 Å². The highest BCUT2D eigenvalue weighted by molar-refractivity contribution is 8.14. The first-order chi connectivity index (χ1) is 19.4. The number of nitrogen functional groups attached to an aromatic ring is 1. The van der Waals surface area contributed by atoms with Crippen LogP contribution in [0.4, 0.5) is 0 Å². The van der Waals surface area contributed by atoms with E-state index in [-0.39, 0.29) is 23.2 Å². The molecule has 1 aliphatic carbocycles. The zero-order valence-corrected chi connectivity index (χ0v) is 26.0. The lowest BCUT2D eigenvalue weighted by molar-refractivity contribution is -0.117. The Hall–Kier alpha value is -3.76. The van der Waals surface area contributed by atoms with Gasteiger partial charge in [-0.25, -0.2) is 5.84 Å². The summed E-state index contributed by atoms with van der Waals surface area (Å²) < 4.78 is 0. The van der Waals surface area contributed by atoms with E-state index in [1.807, 2.05) is 77.1 Å². The Kier molecular flexibility index (Phi) is 12.5. The summed E-state index contributed by atoms with van der Waals surface area (Å²) in [6, 6.07) is 3.65. The summed E-state index contributed by atoms with van der Waals surface area (Å²) in [5, 5.41) is 11.8. The van der Waals surface area contributed by atoms with E-state index in [4.69, 9.17) is 22.7 Å². The maximum atomic E-state index is 12.7. The highest BCUT2D eigenvalue weighted by atomic mass is 32.2. The maximum absolute atomic E-state index is 12.7. The number of rotatable bonds is 11. The van der Waals surface area contributed by atoms with Gasteiger partial charge in [0.15, 0.2) is 0 Å². The number of nitrogens with two attached hydrogens (primary N) is 3. The Bertz CT molecular complexity index is 1280. The molecule has 0 bridgehead atoms. The zero-order chi connectivity index (χ0) is 30.9. The first-order valence-corrected chi connectivity index (χ1v) is 14.9. The van der Waals surface area contributed by atoms with Crippen LogP contribution in [0, 0.1) is 25.2 Å². The van der Waals surface area contributed by atoms with Crippen LogP contribution in [-0.2, 0) is 16.1 Å². The van der Waals surface area contributed by atoms with Crippen molar-refractivity contribution in [3.05, 3.63) is 93.8 Å². The average Bonchev–Trinajstić information content (AvgIpc) is 3.75. The van der Waals surface area contributed by atoms with Gasteiger partial charge in [0.25, 0.3) is 5.91 Å². The third-order valence-corrected chi connectivity index (χ3v) is 7.33. The van der Waals surface area contributed by atoms with Gasteiger partial charge in [-0.15, -0.1) is 0 Å². The highest BCUT2D eigenvalue weighted by Gasteiger charge is 2.30. The van der Waals surface area contributed by atoms with Crippen molar-refractivity contribution in [1.82, 2.24) is 15.2 Å². The fourth-order valence-corrected chi connectivity index (χ4v) is 4.95. The van der Waals surface area contributed by atoms with Crippen LogP contribution in [0.15, 0.2) is 71.5 Å². The van der Waals surface area contributed by atoms with Crippen molar-refractivity contribution >= 4 is 28.6 Å². The smallest absolute Gasteiger partial charge is 0.268 e. The molecule has 2 aliphatic rings. The Balaban J connectivity index is 0.00000287. The molecule has 0 radical (unpaired) electrons. The minimum atomic E-state index is -0.440. The molecule has 1 aromatic rings. The monoisotopic (exact) mass is 579 g/mol. The standard InChI is InChI=1S/C29H39N7O2S.C2H6/c1-6-39-29(38)24-11-23(21-7-8-21)15-35(20(24)5)13-17(2)14-36(33)16-26(30)28(37)34-12-25-18(3)9-22(27(31)32)10-19(25)4;1-2/h9-11,13,15-16,21H,5-8,12,14,30,33H2,1-4H3,(H3,31,32)(H,34,37);1-2H3/b17-13+,26-16-;. The molecular formula is C31H45N7O2S. The Labute approximate surface area is 248 Å². The molecule has 0 unspecified atom stereocenters. The van der Waals surface area contributed by atoms with Crippen molar-refractivity contribution < 1.29 is 9.59 Å². The van der Waals surface area contributed by atoms with E-state index in [2.05, 4.69) is 11.9 Å². The summed E-state index contributed by atoms with van der Waals surface area (Å²) in [5.74, 6) is 6.90. The molecule has 1 fully saturated rings. The van der Waals surface area contributed by atoms with Crippen molar-refractivity contribution in [2.45, 2.75) is 60.9 Å². The third-order valence-electron chi connectivity index (χ3n) is 6.56. The number of aryl methyl sites for hydroxylation is 2. The van der Waals surface area contributed by atoms with E-state index < -0.39 is 5.91 Å². The number of hydrogen-bond acceptors (Lipinski definition) is 8. The number of allylic oxidation sites excluding steroid dienone is 3. The van der Waals surface area contributed by atoms with Crippen LogP contribution in [0.2, 0.25) is 0 Å². The molecule has 1 aliphatic heterocycles. The highest BCUT2D eigenvalue weighted by Crippen LogP contribution is 2.41. The van der Waals surface area contributed by atoms with E-state index in [1.54, 1.807) is 0 Å². The van der Waals surface area contributed by atoms with Gasteiger partial charge < -0.3 is 26.7 Å². The topological polar surface area (TPSA) is 155 Å². The van der Waals surface area contributed by atoms with Gasteiger partial charge in [0.1, 0.15) is 11.5 Å². The molecule has 0 atom stereocenters. The van der Waals surface area contributed by atoms with Gasteiger partial charge in [-0.3, -0.25) is 15.0 Å². The van der Waals surface area contributed by atoms with Crippen molar-refractivity contribution in [3.63, 3.8) is 0 Å². The molecule has 1 aromatic carbocycles. The number of thioether (sulfide) groups is 1. The summed E-state index contributed by atoms with van der Waals surface area (Å²) in [6.45, 7) is 16.4. The van der Waals surface area contributed by atoms with Crippen LogP contribution >= 0.6 is 11.8 Å². The average molecular weight is 580 g/mol. The molecule has 0 aromatic heterocycles. The summed E-state index contributed by atoms with van der Waals surface area (Å²) >= 11 is 1.28. The number of carbonyl (C=O) groups excluding carboxylic acids is 2. The predicted octanol–water partition coefficient (Wildman–Crippen LogP) is 4.44. The third kappa shape index (κ3) is 9.40. The maximum Gasteiger partial charge on any atom is 0.268 e. The molecule has 1 saturated carbocycles. The number of nitrogens with zero attached hydrogens (tertiary/aromatic N) is 2. The van der Waals surface area contributed by atoms with E-state index >= 15 is 0 Å². The quantitative estimate of drug-likeness (QED) is 0.0847. The summed E-state index contributed by atoms with van der Waals surface area (Å²) in [5.41, 5.74) is 18.3. The van der Waals surface area contributed by atoms with Crippen LogP contribution < -0.4 is 22.6 Å². The number of nitrogens with one attached hydrogen (secondary N) is 2. The van der Waals surface area contributed by atoms with Crippen LogP contribution in [0.5, 0.6) is 0 Å². The number of hydrogen-bond donors (Lipinski definition) is 5. The van der Waals surface area contributed by atoms with Gasteiger partial charge in [-0.05, 0) is 91.3 Å². The normalized spacial score (nSPS) is 15.4. The lowest BCUT2D eigenvalue weighted by Gasteiger charge is -2.27. The van der Waals surface area contributed by atoms with E-state index in [9.17, 15) is 9.59 Å². The lowest BCUT2D eigenvalue weighted by Crippen LogP contribution is -2.34. The van der Waals surface area contributed by atoms with Crippen LogP contribution in [0.3, 0.4) is 0 Å². The minimum Gasteiger partial charge on any atom is -0.393 e. The summed E-state index contributed by atoms with van der Waals surface area (Å²) in [4.78, 5) is 27.2. The first kappa shape index (κ1) is 33.4. The predicted molar refractivity (Wildman–Crippen MR) is 170 cm³/mol. The van der Waals surface area contributed by atoms with E-state index in [1.165, 1.54) is 23.0 Å². The molecule has 0 saturated heterocycles. The van der Waals surface area contributed by atoms with Crippen molar-refractivity contribution in [2.24, 2.45) is 23.2 Å². The first-order valence-electron chi connectivity index (χ1n) is 13.9. The van der Waals surface area contributed by atoms with Crippen molar-refractivity contribution in [1.29, 1.82) is 5.41 Å². The molecule has 9 nitrogen and oxygen atoms in total. The van der Waals surface area contributed by atoms with Crippen LogP contribution in [0.1, 0.15) is 62.8 Å². The Morgan fingerprint density at radius 3 is 2.37 bits per heavy atom. The molecule has 1 amide bonds. The number of benzene rings is 1. The van der Waals surface area contributed by atoms with Gasteiger partial charge in [-0.1, -0.05) is 39.1 Å². The van der Waals surface area contributed by atoms with Crippen LogP contribution in [0.25, 0.3) is 0 Å². The van der Waals surface area contributed by atoms with Crippen molar-refractivity contribution in [3.8, 4) is 0 Å². The second-order valence-electron chi connectivity index (χ2n) is 9.95. The lowest BCUT2D eigenvalue weighted by atomic mass is 9.99. The number of amidine groups is 1.